The Balaban J connectivity index is 4.30. The molecule has 0 aromatic carbocycles. The minimum Gasteiger partial charge on any atom is -0.396 e. The lowest BCUT2D eigenvalue weighted by molar-refractivity contribution is -0.119. The highest BCUT2D eigenvalue weighted by Gasteiger charge is 2.28. The fourth-order valence-corrected chi connectivity index (χ4v) is 2.10. The van der Waals surface area contributed by atoms with Crippen LogP contribution in [0.3, 0.4) is 0 Å². The molecule has 4 nitrogen and oxygen atoms in total. The quantitative estimate of drug-likeness (QED) is 0.585. The molecule has 4 heteroatoms. The Kier molecular flexibility index (Phi) is 8.20. The van der Waals surface area contributed by atoms with Gasteiger partial charge in [-0.2, -0.15) is 0 Å². The molecule has 3 N–H and O–H groups in total. The Labute approximate surface area is 111 Å². The van der Waals surface area contributed by atoms with Crippen LogP contribution >= 0.6 is 0 Å². The molecule has 0 saturated carbocycles. The fourth-order valence-electron chi connectivity index (χ4n) is 2.10. The third-order valence-corrected chi connectivity index (χ3v) is 3.40. The zero-order chi connectivity index (χ0) is 14.2. The first-order valence-corrected chi connectivity index (χ1v) is 6.71. The van der Waals surface area contributed by atoms with E-state index in [9.17, 15) is 9.90 Å². The number of aliphatic hydroxyl groups is 2. The summed E-state index contributed by atoms with van der Waals surface area (Å²) in [6.07, 6.45) is 3.46. The van der Waals surface area contributed by atoms with Crippen LogP contribution in [0.5, 0.6) is 0 Å². The summed E-state index contributed by atoms with van der Waals surface area (Å²) in [5, 5.41) is 20.7. The predicted molar refractivity (Wildman–Crippen MR) is 72.8 cm³/mol. The van der Waals surface area contributed by atoms with E-state index >= 15 is 0 Å². The molecular formula is C14H28NO3. The molecule has 0 spiro atoms. The fraction of sp³-hybridized carbons (Fsp3) is 0.857. The zero-order valence-electron chi connectivity index (χ0n) is 12.1. The minimum atomic E-state index is -0.254. The number of aliphatic hydroxyl groups excluding tert-OH is 2. The highest BCUT2D eigenvalue weighted by atomic mass is 16.3. The van der Waals surface area contributed by atoms with Crippen molar-refractivity contribution in [2.24, 2.45) is 17.3 Å². The van der Waals surface area contributed by atoms with E-state index in [0.717, 1.165) is 12.8 Å². The molecule has 0 aromatic rings. The Hall–Kier alpha value is -0.610. The van der Waals surface area contributed by atoms with Crippen LogP contribution in [0.4, 0.5) is 0 Å². The van der Waals surface area contributed by atoms with Crippen molar-refractivity contribution in [3.8, 4) is 0 Å². The van der Waals surface area contributed by atoms with Gasteiger partial charge in [-0.1, -0.05) is 34.1 Å². The first-order chi connectivity index (χ1) is 8.36. The van der Waals surface area contributed by atoms with Crippen molar-refractivity contribution in [1.82, 2.24) is 5.32 Å². The number of carbonyl (C=O) groups is 1. The topological polar surface area (TPSA) is 69.6 Å². The average Bonchev–Trinajstić information content (AvgIpc) is 2.31. The van der Waals surface area contributed by atoms with Crippen molar-refractivity contribution in [2.45, 2.75) is 40.5 Å². The van der Waals surface area contributed by atoms with Crippen molar-refractivity contribution in [1.29, 1.82) is 0 Å². The van der Waals surface area contributed by atoms with E-state index in [4.69, 9.17) is 5.11 Å². The van der Waals surface area contributed by atoms with Crippen LogP contribution in [-0.2, 0) is 4.79 Å². The molecule has 0 fully saturated rings. The van der Waals surface area contributed by atoms with E-state index in [2.05, 4.69) is 19.2 Å². The van der Waals surface area contributed by atoms with Crippen molar-refractivity contribution in [3.63, 3.8) is 0 Å². The van der Waals surface area contributed by atoms with Crippen LogP contribution in [0.2, 0.25) is 0 Å². The van der Waals surface area contributed by atoms with Crippen LogP contribution in [0.1, 0.15) is 40.5 Å². The summed E-state index contributed by atoms with van der Waals surface area (Å²) in [6.45, 7) is 8.62. The summed E-state index contributed by atoms with van der Waals surface area (Å²) in [4.78, 5) is 11.6. The first kappa shape index (κ1) is 17.4. The molecule has 0 aliphatic heterocycles. The summed E-state index contributed by atoms with van der Waals surface area (Å²) in [7, 11) is 0. The number of amides is 1. The van der Waals surface area contributed by atoms with Crippen LogP contribution in [-0.4, -0.2) is 35.9 Å². The van der Waals surface area contributed by atoms with Crippen LogP contribution < -0.4 is 5.32 Å². The molecule has 1 amide bonds. The van der Waals surface area contributed by atoms with Gasteiger partial charge in [-0.05, 0) is 23.7 Å². The van der Waals surface area contributed by atoms with Gasteiger partial charge in [-0.3, -0.25) is 4.79 Å². The van der Waals surface area contributed by atoms with Gasteiger partial charge in [0.05, 0.1) is 13.0 Å². The van der Waals surface area contributed by atoms with Gasteiger partial charge in [-0.15, -0.1) is 0 Å². The standard InChI is InChI=1S/C14H28NO3/c1-5-11(2)12(10-17)8-14(3,4)9-13(18)15-6-7-16/h9,11-12,16-17H,5-8,10H2,1-4H3,(H,15,18). The van der Waals surface area contributed by atoms with E-state index in [-0.39, 0.29) is 37.0 Å². The minimum absolute atomic E-state index is 0.0495. The molecule has 1 radical (unpaired) electrons. The molecule has 0 bridgehead atoms. The second-order valence-electron chi connectivity index (χ2n) is 5.68. The Morgan fingerprint density at radius 3 is 2.44 bits per heavy atom. The predicted octanol–water partition coefficient (Wildman–Crippen LogP) is 1.37. The van der Waals surface area contributed by atoms with Gasteiger partial charge in [-0.25, -0.2) is 0 Å². The summed E-state index contributed by atoms with van der Waals surface area (Å²) in [5.41, 5.74) is -0.254. The van der Waals surface area contributed by atoms with E-state index in [1.165, 1.54) is 0 Å². The lowest BCUT2D eigenvalue weighted by Crippen LogP contribution is -2.33. The maximum absolute atomic E-state index is 11.6. The maximum Gasteiger partial charge on any atom is 0.224 e. The maximum atomic E-state index is 11.6. The first-order valence-electron chi connectivity index (χ1n) is 6.71. The molecule has 0 rings (SSSR count). The molecule has 0 aliphatic rings. The average molecular weight is 258 g/mol. The van der Waals surface area contributed by atoms with Gasteiger partial charge in [0.15, 0.2) is 0 Å². The Bertz CT molecular complexity index is 241. The Morgan fingerprint density at radius 2 is 2.00 bits per heavy atom. The normalized spacial score (nSPS) is 15.2. The van der Waals surface area contributed by atoms with E-state index < -0.39 is 0 Å². The molecule has 0 aromatic heterocycles. The molecule has 2 atom stereocenters. The zero-order valence-corrected chi connectivity index (χ0v) is 12.1. The molecule has 18 heavy (non-hydrogen) atoms. The highest BCUT2D eigenvalue weighted by Crippen LogP contribution is 2.32. The van der Waals surface area contributed by atoms with Crippen molar-refractivity contribution in [2.75, 3.05) is 19.8 Å². The van der Waals surface area contributed by atoms with Gasteiger partial charge in [0, 0.05) is 13.2 Å². The number of rotatable bonds is 9. The van der Waals surface area contributed by atoms with Crippen molar-refractivity contribution < 1.29 is 15.0 Å². The second-order valence-corrected chi connectivity index (χ2v) is 5.68. The third kappa shape index (κ3) is 6.97. The summed E-state index contributed by atoms with van der Waals surface area (Å²) < 4.78 is 0. The van der Waals surface area contributed by atoms with Gasteiger partial charge in [0.1, 0.15) is 0 Å². The Morgan fingerprint density at radius 1 is 1.39 bits per heavy atom. The van der Waals surface area contributed by atoms with Crippen LogP contribution in [0.25, 0.3) is 0 Å². The molecule has 0 saturated heterocycles. The smallest absolute Gasteiger partial charge is 0.224 e. The molecule has 0 aliphatic carbocycles. The summed E-state index contributed by atoms with van der Waals surface area (Å²) in [5.74, 6) is 0.505. The van der Waals surface area contributed by atoms with Gasteiger partial charge >= 0.3 is 0 Å². The van der Waals surface area contributed by atoms with Crippen molar-refractivity contribution in [3.05, 3.63) is 6.42 Å². The summed E-state index contributed by atoms with van der Waals surface area (Å²) >= 11 is 0. The number of hydrogen-bond acceptors (Lipinski definition) is 3. The lowest BCUT2D eigenvalue weighted by atomic mass is 9.75. The van der Waals surface area contributed by atoms with Crippen LogP contribution in [0.15, 0.2) is 0 Å². The molecule has 2 unspecified atom stereocenters. The molecule has 107 valence electrons. The second kappa shape index (κ2) is 8.48. The van der Waals surface area contributed by atoms with Gasteiger partial charge in [0.2, 0.25) is 5.91 Å². The van der Waals surface area contributed by atoms with Crippen molar-refractivity contribution >= 4 is 5.91 Å². The SMILES string of the molecule is CCC(C)C(CO)CC(C)(C)[CH]C(=O)NCCO. The molecular weight excluding hydrogens is 230 g/mol. The number of carbonyl (C=O) groups excluding carboxylic acids is 1. The lowest BCUT2D eigenvalue weighted by Gasteiger charge is -2.31. The van der Waals surface area contributed by atoms with E-state index in [0.29, 0.717) is 5.92 Å². The summed E-state index contributed by atoms with van der Waals surface area (Å²) in [6, 6.07) is 0. The monoisotopic (exact) mass is 258 g/mol. The molecule has 0 heterocycles. The van der Waals surface area contributed by atoms with Crippen LogP contribution in [0, 0.1) is 23.7 Å². The highest BCUT2D eigenvalue weighted by molar-refractivity contribution is 5.85. The number of nitrogens with one attached hydrogen (secondary N) is 1. The number of hydrogen-bond donors (Lipinski definition) is 3. The van der Waals surface area contributed by atoms with Gasteiger partial charge < -0.3 is 15.5 Å². The van der Waals surface area contributed by atoms with E-state index in [1.807, 2.05) is 13.8 Å². The van der Waals surface area contributed by atoms with Gasteiger partial charge in [0.25, 0.3) is 0 Å². The largest absolute Gasteiger partial charge is 0.396 e. The van der Waals surface area contributed by atoms with E-state index in [1.54, 1.807) is 6.42 Å². The third-order valence-electron chi connectivity index (χ3n) is 3.40.